The lowest BCUT2D eigenvalue weighted by Crippen LogP contribution is -2.38. The quantitative estimate of drug-likeness (QED) is 0.675. The molecule has 7 nitrogen and oxygen atoms in total. The van der Waals surface area contributed by atoms with Crippen LogP contribution in [-0.2, 0) is 16.0 Å². The number of nitrogens with one attached hydrogen (secondary N) is 1. The highest BCUT2D eigenvalue weighted by Crippen LogP contribution is 2.12. The van der Waals surface area contributed by atoms with Crippen LogP contribution in [0.25, 0.3) is 0 Å². The first-order valence-electron chi connectivity index (χ1n) is 5.00. The van der Waals surface area contributed by atoms with Gasteiger partial charge in [-0.25, -0.2) is 4.79 Å². The van der Waals surface area contributed by atoms with Crippen molar-refractivity contribution in [3.63, 3.8) is 0 Å². The molecule has 0 aliphatic carbocycles. The Morgan fingerprint density at radius 1 is 1.22 bits per heavy atom. The molecule has 1 aromatic carbocycles. The fraction of sp³-hybridized carbons (Fsp3) is 0.182. The fourth-order valence-electron chi connectivity index (χ4n) is 1.20. The minimum absolute atomic E-state index is 0.0809. The highest BCUT2D eigenvalue weighted by atomic mass is 16.5. The number of hydrogen-bond acceptors (Lipinski definition) is 4. The van der Waals surface area contributed by atoms with E-state index in [1.807, 2.05) is 5.32 Å². The summed E-state index contributed by atoms with van der Waals surface area (Å²) in [5.74, 6) is -1.19. The number of carbonyl (C=O) groups excluding carboxylic acids is 2. The van der Waals surface area contributed by atoms with Gasteiger partial charge in [0.15, 0.2) is 6.61 Å². The molecule has 0 fully saturated rings. The highest BCUT2D eigenvalue weighted by molar-refractivity contribution is 5.94. The summed E-state index contributed by atoms with van der Waals surface area (Å²) >= 11 is 0. The van der Waals surface area contributed by atoms with Crippen LogP contribution in [0.4, 0.5) is 4.79 Å². The second kappa shape index (κ2) is 6.24. The largest absolute Gasteiger partial charge is 0.484 e. The molecule has 7 heteroatoms. The maximum Gasteiger partial charge on any atom is 0.318 e. The predicted molar refractivity (Wildman–Crippen MR) is 61.0 cm³/mol. The molecule has 1 aromatic rings. The van der Waals surface area contributed by atoms with Gasteiger partial charge in [-0.15, -0.1) is 0 Å². The van der Waals surface area contributed by atoms with Crippen molar-refractivity contribution in [2.75, 3.05) is 6.61 Å². The minimum atomic E-state index is -0.944. The third-order valence-electron chi connectivity index (χ3n) is 1.91. The monoisotopic (exact) mass is 252 g/mol. The van der Waals surface area contributed by atoms with E-state index >= 15 is 0 Å². The molecule has 0 saturated heterocycles. The second-order valence-corrected chi connectivity index (χ2v) is 3.42. The summed E-state index contributed by atoms with van der Waals surface area (Å²) in [6, 6.07) is 5.29. The van der Waals surface area contributed by atoms with Crippen LogP contribution in [0.5, 0.6) is 5.75 Å². The van der Waals surface area contributed by atoms with Crippen LogP contribution in [-0.4, -0.2) is 29.6 Å². The van der Waals surface area contributed by atoms with Gasteiger partial charge in [-0.2, -0.15) is 0 Å². The number of imide groups is 1. The van der Waals surface area contributed by atoms with Crippen LogP contribution in [0, 0.1) is 0 Å². The van der Waals surface area contributed by atoms with E-state index in [0.29, 0.717) is 11.3 Å². The van der Waals surface area contributed by atoms with Crippen LogP contribution in [0.1, 0.15) is 5.56 Å². The van der Waals surface area contributed by atoms with Gasteiger partial charge in [0.05, 0.1) is 6.42 Å². The first-order chi connectivity index (χ1) is 8.47. The number of amides is 3. The lowest BCUT2D eigenvalue weighted by molar-refractivity contribution is -0.136. The highest BCUT2D eigenvalue weighted by Gasteiger charge is 2.05. The molecule has 0 aromatic heterocycles. The van der Waals surface area contributed by atoms with Crippen molar-refractivity contribution in [1.82, 2.24) is 5.32 Å². The lowest BCUT2D eigenvalue weighted by atomic mass is 10.1. The molecule has 0 bridgehead atoms. The van der Waals surface area contributed by atoms with Crippen LogP contribution >= 0.6 is 0 Å². The number of carbonyl (C=O) groups is 3. The van der Waals surface area contributed by atoms with Crippen LogP contribution in [0.2, 0.25) is 0 Å². The molecule has 96 valence electrons. The number of ether oxygens (including phenoxy) is 1. The fourth-order valence-corrected chi connectivity index (χ4v) is 1.20. The summed E-state index contributed by atoms with van der Waals surface area (Å²) in [6.45, 7) is -0.346. The summed E-state index contributed by atoms with van der Waals surface area (Å²) in [4.78, 5) is 31.8. The van der Waals surface area contributed by atoms with Gasteiger partial charge in [-0.05, 0) is 17.7 Å². The van der Waals surface area contributed by atoms with E-state index in [2.05, 4.69) is 0 Å². The number of primary amides is 1. The van der Waals surface area contributed by atoms with Gasteiger partial charge in [0.1, 0.15) is 5.75 Å². The van der Waals surface area contributed by atoms with Gasteiger partial charge in [0, 0.05) is 0 Å². The summed E-state index contributed by atoms with van der Waals surface area (Å²) < 4.78 is 5.06. The molecule has 0 spiro atoms. The normalized spacial score (nSPS) is 9.56. The van der Waals surface area contributed by atoms with E-state index in [0.717, 1.165) is 0 Å². The molecule has 0 atom stereocenters. The average molecular weight is 252 g/mol. The van der Waals surface area contributed by atoms with Crippen LogP contribution < -0.4 is 15.8 Å². The van der Waals surface area contributed by atoms with Gasteiger partial charge in [-0.1, -0.05) is 12.1 Å². The van der Waals surface area contributed by atoms with E-state index in [1.165, 1.54) is 12.1 Å². The van der Waals surface area contributed by atoms with Gasteiger partial charge >= 0.3 is 12.0 Å². The van der Waals surface area contributed by atoms with E-state index in [4.69, 9.17) is 15.6 Å². The van der Waals surface area contributed by atoms with E-state index < -0.39 is 17.9 Å². The number of rotatable bonds is 5. The van der Waals surface area contributed by atoms with Crippen molar-refractivity contribution in [2.24, 2.45) is 5.73 Å². The van der Waals surface area contributed by atoms with Crippen molar-refractivity contribution >= 4 is 17.9 Å². The summed E-state index contributed by atoms with van der Waals surface area (Å²) in [5, 5.41) is 10.4. The number of carboxylic acid groups (broad SMARTS) is 1. The number of benzene rings is 1. The Balaban J connectivity index is 2.46. The van der Waals surface area contributed by atoms with Gasteiger partial charge in [0.2, 0.25) is 0 Å². The maximum atomic E-state index is 11.0. The molecule has 18 heavy (non-hydrogen) atoms. The SMILES string of the molecule is NC(=O)NC(=O)COc1ccc(CC(=O)O)cc1. The Morgan fingerprint density at radius 3 is 2.33 bits per heavy atom. The van der Waals surface area contributed by atoms with Crippen molar-refractivity contribution in [3.8, 4) is 5.75 Å². The second-order valence-electron chi connectivity index (χ2n) is 3.42. The molecule has 3 amide bonds. The zero-order valence-electron chi connectivity index (χ0n) is 9.38. The Labute approximate surface area is 103 Å². The molecule has 0 unspecified atom stereocenters. The summed E-state index contributed by atoms with van der Waals surface area (Å²) in [6.07, 6.45) is -0.0809. The molecule has 1 rings (SSSR count). The van der Waals surface area contributed by atoms with Crippen molar-refractivity contribution in [3.05, 3.63) is 29.8 Å². The summed E-state index contributed by atoms with van der Waals surface area (Å²) in [5.41, 5.74) is 5.37. The van der Waals surface area contributed by atoms with Crippen molar-refractivity contribution in [2.45, 2.75) is 6.42 Å². The number of aliphatic carboxylic acids is 1. The van der Waals surface area contributed by atoms with Gasteiger partial charge < -0.3 is 15.6 Å². The Morgan fingerprint density at radius 2 is 1.83 bits per heavy atom. The predicted octanol–water partition coefficient (Wildman–Crippen LogP) is -0.113. The molecular formula is C11H12N2O5. The topological polar surface area (TPSA) is 119 Å². The third-order valence-corrected chi connectivity index (χ3v) is 1.91. The van der Waals surface area contributed by atoms with E-state index in [1.54, 1.807) is 12.1 Å². The van der Waals surface area contributed by atoms with Crippen molar-refractivity contribution < 1.29 is 24.2 Å². The van der Waals surface area contributed by atoms with Crippen LogP contribution in [0.15, 0.2) is 24.3 Å². The Hall–Kier alpha value is -2.57. The first kappa shape index (κ1) is 13.5. The standard InChI is InChI=1S/C11H12N2O5/c12-11(17)13-9(14)6-18-8-3-1-7(2-4-8)5-10(15)16/h1-4H,5-6H2,(H,15,16)(H3,12,13,14,17). The molecule has 0 radical (unpaired) electrons. The van der Waals surface area contributed by atoms with Crippen LogP contribution in [0.3, 0.4) is 0 Å². The molecule has 0 aliphatic heterocycles. The molecule has 4 N–H and O–H groups in total. The Bertz CT molecular complexity index is 455. The smallest absolute Gasteiger partial charge is 0.318 e. The van der Waals surface area contributed by atoms with E-state index in [9.17, 15) is 14.4 Å². The van der Waals surface area contributed by atoms with Gasteiger partial charge in [-0.3, -0.25) is 14.9 Å². The number of carboxylic acids is 1. The first-order valence-corrected chi connectivity index (χ1v) is 5.00. The zero-order chi connectivity index (χ0) is 13.5. The molecule has 0 heterocycles. The molecular weight excluding hydrogens is 240 g/mol. The lowest BCUT2D eigenvalue weighted by Gasteiger charge is -2.06. The Kier molecular flexibility index (Phi) is 4.67. The maximum absolute atomic E-state index is 11.0. The number of urea groups is 1. The third kappa shape index (κ3) is 4.97. The van der Waals surface area contributed by atoms with Crippen molar-refractivity contribution in [1.29, 1.82) is 0 Å². The zero-order valence-corrected chi connectivity index (χ0v) is 9.38. The molecule has 0 aliphatic rings. The summed E-state index contributed by atoms with van der Waals surface area (Å²) in [7, 11) is 0. The average Bonchev–Trinajstić information content (AvgIpc) is 2.26. The molecule has 0 saturated carbocycles. The number of hydrogen-bond donors (Lipinski definition) is 3. The minimum Gasteiger partial charge on any atom is -0.484 e. The van der Waals surface area contributed by atoms with E-state index in [-0.39, 0.29) is 13.0 Å². The number of nitrogens with two attached hydrogens (primary N) is 1. The van der Waals surface area contributed by atoms with Gasteiger partial charge in [0.25, 0.3) is 5.91 Å².